The minimum absolute atomic E-state index is 0.214. The third-order valence-electron chi connectivity index (χ3n) is 3.42. The smallest absolute Gasteiger partial charge is 0.339 e. The van der Waals surface area contributed by atoms with Crippen LogP contribution in [-0.4, -0.2) is 31.1 Å². The first-order valence-electron chi connectivity index (χ1n) is 6.90. The van der Waals surface area contributed by atoms with Crippen molar-refractivity contribution in [2.24, 2.45) is 7.05 Å². The van der Waals surface area contributed by atoms with Gasteiger partial charge in [-0.25, -0.2) is 4.79 Å². The van der Waals surface area contributed by atoms with Gasteiger partial charge in [-0.05, 0) is 24.5 Å². The molecule has 2 aromatic heterocycles. The number of anilines is 1. The highest BCUT2D eigenvalue weighted by atomic mass is 16.4. The van der Waals surface area contributed by atoms with Crippen LogP contribution in [-0.2, 0) is 26.4 Å². The second-order valence-corrected chi connectivity index (χ2v) is 4.66. The maximum atomic E-state index is 11.6. The van der Waals surface area contributed by atoms with Crippen LogP contribution >= 0.6 is 0 Å². The number of aromatic carboxylic acids is 1. The van der Waals surface area contributed by atoms with Gasteiger partial charge in [-0.15, -0.1) is 5.10 Å². The van der Waals surface area contributed by atoms with Crippen LogP contribution < -0.4 is 5.32 Å². The molecule has 0 saturated carbocycles. The lowest BCUT2D eigenvalue weighted by molar-refractivity contribution is 0.0696. The number of nitrogens with zero attached hydrogens (tertiary/aromatic N) is 4. The third-order valence-corrected chi connectivity index (χ3v) is 3.42. The monoisotopic (exact) mass is 289 g/mol. The Hall–Kier alpha value is -2.44. The fourth-order valence-corrected chi connectivity index (χ4v) is 2.28. The summed E-state index contributed by atoms with van der Waals surface area (Å²) in [4.78, 5) is 11.6. The van der Waals surface area contributed by atoms with Gasteiger partial charge in [0.1, 0.15) is 5.56 Å². The number of carboxylic acids is 1. The summed E-state index contributed by atoms with van der Waals surface area (Å²) in [5, 5.41) is 24.8. The molecule has 21 heavy (non-hydrogen) atoms. The Morgan fingerprint density at radius 3 is 2.62 bits per heavy atom. The number of rotatable bonds is 6. The molecule has 112 valence electrons. The van der Waals surface area contributed by atoms with Crippen molar-refractivity contribution in [1.29, 1.82) is 0 Å². The fraction of sp³-hybridized carbons (Fsp3) is 0.429. The van der Waals surface area contributed by atoms with E-state index in [4.69, 9.17) is 0 Å². The van der Waals surface area contributed by atoms with Crippen LogP contribution in [0.2, 0.25) is 0 Å². The largest absolute Gasteiger partial charge is 0.478 e. The van der Waals surface area contributed by atoms with Crippen molar-refractivity contribution in [2.45, 2.75) is 33.2 Å². The molecule has 0 bridgehead atoms. The van der Waals surface area contributed by atoms with Crippen LogP contribution in [0.15, 0.2) is 12.3 Å². The van der Waals surface area contributed by atoms with E-state index in [1.807, 2.05) is 27.0 Å². The summed E-state index contributed by atoms with van der Waals surface area (Å²) in [6.07, 6.45) is 2.97. The van der Waals surface area contributed by atoms with Crippen molar-refractivity contribution in [3.8, 4) is 0 Å². The average Bonchev–Trinajstić information content (AvgIpc) is 2.88. The Kier molecular flexibility index (Phi) is 4.52. The number of hydrogen-bond donors (Lipinski definition) is 2. The van der Waals surface area contributed by atoms with Crippen LogP contribution in [0.4, 0.5) is 5.82 Å². The van der Waals surface area contributed by atoms with Gasteiger partial charge in [0, 0.05) is 13.2 Å². The molecule has 2 N–H and O–H groups in total. The second-order valence-electron chi connectivity index (χ2n) is 4.66. The SMILES string of the molecule is CCc1nnc(NCc2ccnn2C)c(C(=O)O)c1CC. The zero-order valence-electron chi connectivity index (χ0n) is 12.4. The maximum Gasteiger partial charge on any atom is 0.339 e. The molecule has 0 unspecified atom stereocenters. The van der Waals surface area contributed by atoms with Gasteiger partial charge in [-0.1, -0.05) is 13.8 Å². The van der Waals surface area contributed by atoms with E-state index in [0.717, 1.165) is 17.0 Å². The van der Waals surface area contributed by atoms with Crippen LogP contribution in [0.25, 0.3) is 0 Å². The van der Waals surface area contributed by atoms with Gasteiger partial charge in [-0.2, -0.15) is 10.2 Å². The van der Waals surface area contributed by atoms with Crippen molar-refractivity contribution in [2.75, 3.05) is 5.32 Å². The summed E-state index contributed by atoms with van der Waals surface area (Å²) >= 11 is 0. The molecule has 0 aliphatic heterocycles. The molecular formula is C14H19N5O2. The van der Waals surface area contributed by atoms with Gasteiger partial charge in [0.15, 0.2) is 5.82 Å². The Balaban J connectivity index is 2.34. The van der Waals surface area contributed by atoms with Gasteiger partial charge >= 0.3 is 5.97 Å². The van der Waals surface area contributed by atoms with Crippen LogP contribution in [0.3, 0.4) is 0 Å². The maximum absolute atomic E-state index is 11.6. The number of hydrogen-bond acceptors (Lipinski definition) is 5. The van der Waals surface area contributed by atoms with Crippen molar-refractivity contribution in [3.63, 3.8) is 0 Å². The molecule has 0 aliphatic rings. The second kappa shape index (κ2) is 6.34. The third kappa shape index (κ3) is 3.01. The normalized spacial score (nSPS) is 10.6. The van der Waals surface area contributed by atoms with E-state index >= 15 is 0 Å². The molecule has 0 atom stereocenters. The lowest BCUT2D eigenvalue weighted by atomic mass is 10.0. The Labute approximate surface area is 123 Å². The van der Waals surface area contributed by atoms with E-state index in [1.54, 1.807) is 10.9 Å². The average molecular weight is 289 g/mol. The molecule has 7 nitrogen and oxygen atoms in total. The number of carboxylic acid groups (broad SMARTS) is 1. The fourth-order valence-electron chi connectivity index (χ4n) is 2.28. The molecule has 2 heterocycles. The van der Waals surface area contributed by atoms with Gasteiger partial charge in [0.05, 0.1) is 17.9 Å². The van der Waals surface area contributed by atoms with Crippen molar-refractivity contribution >= 4 is 11.8 Å². The zero-order valence-corrected chi connectivity index (χ0v) is 12.4. The Morgan fingerprint density at radius 1 is 1.33 bits per heavy atom. The minimum Gasteiger partial charge on any atom is -0.478 e. The minimum atomic E-state index is -0.982. The summed E-state index contributed by atoms with van der Waals surface area (Å²) < 4.78 is 1.72. The lowest BCUT2D eigenvalue weighted by Crippen LogP contribution is -2.16. The van der Waals surface area contributed by atoms with E-state index in [1.165, 1.54) is 0 Å². The van der Waals surface area contributed by atoms with Crippen molar-refractivity contribution < 1.29 is 9.90 Å². The quantitative estimate of drug-likeness (QED) is 0.840. The van der Waals surface area contributed by atoms with Crippen molar-refractivity contribution in [1.82, 2.24) is 20.0 Å². The van der Waals surface area contributed by atoms with Crippen LogP contribution in [0, 0.1) is 0 Å². The summed E-state index contributed by atoms with van der Waals surface area (Å²) in [5.41, 5.74) is 2.63. The van der Waals surface area contributed by atoms with E-state index in [0.29, 0.717) is 25.2 Å². The van der Waals surface area contributed by atoms with Crippen molar-refractivity contribution in [3.05, 3.63) is 34.8 Å². The highest BCUT2D eigenvalue weighted by Crippen LogP contribution is 2.21. The first-order valence-corrected chi connectivity index (χ1v) is 6.90. The predicted octanol–water partition coefficient (Wildman–Crippen LogP) is 1.65. The summed E-state index contributed by atoms with van der Waals surface area (Å²) in [6, 6.07) is 1.86. The number of nitrogens with one attached hydrogen (secondary N) is 1. The van der Waals surface area contributed by atoms with Crippen LogP contribution in [0.1, 0.15) is 41.2 Å². The highest BCUT2D eigenvalue weighted by molar-refractivity contribution is 5.95. The molecule has 0 radical (unpaired) electrons. The number of aryl methyl sites for hydroxylation is 2. The molecular weight excluding hydrogens is 270 g/mol. The highest BCUT2D eigenvalue weighted by Gasteiger charge is 2.20. The topological polar surface area (TPSA) is 92.9 Å². The Morgan fingerprint density at radius 2 is 2.10 bits per heavy atom. The molecule has 0 aromatic carbocycles. The van der Waals surface area contributed by atoms with Gasteiger partial charge in [-0.3, -0.25) is 4.68 Å². The van der Waals surface area contributed by atoms with E-state index in [2.05, 4.69) is 20.6 Å². The summed E-state index contributed by atoms with van der Waals surface area (Å²) in [5.74, 6) is -0.679. The molecule has 0 saturated heterocycles. The lowest BCUT2D eigenvalue weighted by Gasteiger charge is -2.13. The molecule has 0 aliphatic carbocycles. The molecule has 2 aromatic rings. The van der Waals surface area contributed by atoms with E-state index in [9.17, 15) is 9.90 Å². The zero-order chi connectivity index (χ0) is 15.4. The summed E-state index contributed by atoms with van der Waals surface area (Å²) in [7, 11) is 1.83. The molecule has 0 fully saturated rings. The first kappa shape index (κ1) is 15.0. The first-order chi connectivity index (χ1) is 10.1. The standard InChI is InChI=1S/C14H19N5O2/c1-4-10-11(5-2)17-18-13(12(10)14(20)21)15-8-9-6-7-16-19(9)3/h6-7H,4-5,8H2,1-3H3,(H,15,18)(H,20,21). The van der Waals surface area contributed by atoms with Gasteiger partial charge < -0.3 is 10.4 Å². The molecule has 0 amide bonds. The van der Waals surface area contributed by atoms with E-state index in [-0.39, 0.29) is 5.56 Å². The predicted molar refractivity (Wildman–Crippen MR) is 78.3 cm³/mol. The summed E-state index contributed by atoms with van der Waals surface area (Å²) in [6.45, 7) is 4.31. The molecule has 2 rings (SSSR count). The molecule has 0 spiro atoms. The molecule has 7 heteroatoms. The number of carbonyl (C=O) groups is 1. The van der Waals surface area contributed by atoms with Gasteiger partial charge in [0.25, 0.3) is 0 Å². The van der Waals surface area contributed by atoms with Gasteiger partial charge in [0.2, 0.25) is 0 Å². The number of aromatic nitrogens is 4. The van der Waals surface area contributed by atoms with E-state index < -0.39 is 5.97 Å². The Bertz CT molecular complexity index is 651. The van der Waals surface area contributed by atoms with Crippen LogP contribution in [0.5, 0.6) is 0 Å².